The highest BCUT2D eigenvalue weighted by Crippen LogP contribution is 2.35. The summed E-state index contributed by atoms with van der Waals surface area (Å²) < 4.78 is 5.34. The van der Waals surface area contributed by atoms with Gasteiger partial charge in [0.05, 0.1) is 11.5 Å². The van der Waals surface area contributed by atoms with Gasteiger partial charge in [0.15, 0.2) is 0 Å². The monoisotopic (exact) mass is 355 g/mol. The van der Waals surface area contributed by atoms with E-state index in [1.807, 2.05) is 39.0 Å². The summed E-state index contributed by atoms with van der Waals surface area (Å²) in [6, 6.07) is 8.14. The summed E-state index contributed by atoms with van der Waals surface area (Å²) in [6.45, 7) is 7.71. The molecule has 25 heavy (non-hydrogen) atoms. The zero-order valence-electron chi connectivity index (χ0n) is 14.8. The Kier molecular flexibility index (Phi) is 4.99. The molecular weight excluding hydrogens is 334 g/mol. The molecule has 0 atom stereocenters. The molecule has 3 rings (SSSR count). The third kappa shape index (κ3) is 3.49. The fourth-order valence-electron chi connectivity index (χ4n) is 2.71. The maximum atomic E-state index is 12.3. The van der Waals surface area contributed by atoms with Crippen LogP contribution in [0.5, 0.6) is 0 Å². The lowest BCUT2D eigenvalue weighted by Gasteiger charge is -2.11. The number of nitrogens with one attached hydrogen (secondary N) is 1. The second-order valence-corrected chi connectivity index (χ2v) is 7.05. The van der Waals surface area contributed by atoms with Gasteiger partial charge in [-0.2, -0.15) is 0 Å². The minimum Gasteiger partial charge on any atom is -0.459 e. The number of hydrogen-bond donors (Lipinski definition) is 1. The summed E-state index contributed by atoms with van der Waals surface area (Å²) in [4.78, 5) is 22.4. The number of rotatable bonds is 5. The summed E-state index contributed by atoms with van der Waals surface area (Å²) in [7, 11) is 0. The van der Waals surface area contributed by atoms with Gasteiger partial charge in [0.2, 0.25) is 0 Å². The van der Waals surface area contributed by atoms with Crippen LogP contribution in [0.4, 0.5) is 11.5 Å². The molecule has 130 valence electrons. The molecule has 0 bridgehead atoms. The minimum atomic E-state index is -0.310. The van der Waals surface area contributed by atoms with Crippen molar-refractivity contribution in [1.82, 2.24) is 9.97 Å². The van der Waals surface area contributed by atoms with Crippen molar-refractivity contribution in [3.8, 4) is 0 Å². The Morgan fingerprint density at radius 3 is 2.76 bits per heavy atom. The van der Waals surface area contributed by atoms with E-state index in [4.69, 9.17) is 4.74 Å². The molecule has 0 aliphatic rings. The third-order valence-corrected chi connectivity index (χ3v) is 5.09. The van der Waals surface area contributed by atoms with Crippen molar-refractivity contribution in [3.05, 3.63) is 46.6 Å². The molecule has 0 aliphatic carbocycles. The number of hydrogen-bond acceptors (Lipinski definition) is 6. The summed E-state index contributed by atoms with van der Waals surface area (Å²) in [5, 5.41) is 4.27. The van der Waals surface area contributed by atoms with Crippen LogP contribution in [0.3, 0.4) is 0 Å². The summed E-state index contributed by atoms with van der Waals surface area (Å²) in [5.74, 6) is 0.402. The number of fused-ring (bicyclic) bond motifs is 1. The molecule has 3 aromatic rings. The molecule has 6 heteroatoms. The number of thiophene rings is 1. The molecule has 1 N–H and O–H groups in total. The summed E-state index contributed by atoms with van der Waals surface area (Å²) >= 11 is 1.34. The van der Waals surface area contributed by atoms with Crippen LogP contribution >= 0.6 is 11.3 Å². The standard InChI is InChI=1S/C19H21N3O2S/c1-5-13-8-6-7-9-14(13)22-17-15-12(4)16(19(23)24-11(2)3)25-18(15)21-10-20-17/h6-11H,5H2,1-4H3,(H,20,21,22). The molecule has 2 heterocycles. The summed E-state index contributed by atoms with van der Waals surface area (Å²) in [6.07, 6.45) is 2.29. The molecule has 0 radical (unpaired) electrons. The number of carbonyl (C=O) groups excluding carboxylic acids is 1. The number of benzene rings is 1. The van der Waals surface area contributed by atoms with E-state index in [1.54, 1.807) is 0 Å². The second-order valence-electron chi connectivity index (χ2n) is 6.05. The number of esters is 1. The van der Waals surface area contributed by atoms with Crippen molar-refractivity contribution in [2.75, 3.05) is 5.32 Å². The molecule has 0 saturated heterocycles. The third-order valence-electron chi connectivity index (χ3n) is 3.91. The fourth-order valence-corrected chi connectivity index (χ4v) is 3.74. The van der Waals surface area contributed by atoms with Crippen LogP contribution in [0.1, 0.15) is 41.6 Å². The Morgan fingerprint density at radius 2 is 2.04 bits per heavy atom. The first kappa shape index (κ1) is 17.4. The molecule has 5 nitrogen and oxygen atoms in total. The van der Waals surface area contributed by atoms with Crippen LogP contribution in [-0.2, 0) is 11.2 Å². The van der Waals surface area contributed by atoms with E-state index in [9.17, 15) is 4.79 Å². The number of nitrogens with zero attached hydrogens (tertiary/aromatic N) is 2. The average molecular weight is 355 g/mol. The maximum Gasteiger partial charge on any atom is 0.348 e. The minimum absolute atomic E-state index is 0.155. The lowest BCUT2D eigenvalue weighted by Crippen LogP contribution is -2.11. The first-order valence-corrected chi connectivity index (χ1v) is 9.13. The topological polar surface area (TPSA) is 64.1 Å². The van der Waals surface area contributed by atoms with Gasteiger partial charge in [-0.05, 0) is 44.4 Å². The summed E-state index contributed by atoms with van der Waals surface area (Å²) in [5.41, 5.74) is 3.08. The van der Waals surface area contributed by atoms with E-state index < -0.39 is 0 Å². The Morgan fingerprint density at radius 1 is 1.28 bits per heavy atom. The molecule has 0 spiro atoms. The number of ether oxygens (including phenoxy) is 1. The zero-order chi connectivity index (χ0) is 18.0. The van der Waals surface area contributed by atoms with E-state index >= 15 is 0 Å². The number of aryl methyl sites for hydroxylation is 2. The van der Waals surface area contributed by atoms with Crippen LogP contribution < -0.4 is 5.32 Å². The molecule has 0 aliphatic heterocycles. The van der Waals surface area contributed by atoms with E-state index in [2.05, 4.69) is 28.3 Å². The smallest absolute Gasteiger partial charge is 0.348 e. The first-order valence-electron chi connectivity index (χ1n) is 8.31. The number of anilines is 2. The first-order chi connectivity index (χ1) is 12.0. The quantitative estimate of drug-likeness (QED) is 0.661. The number of aromatic nitrogens is 2. The molecule has 0 fully saturated rings. The second kappa shape index (κ2) is 7.19. The molecule has 0 unspecified atom stereocenters. The largest absolute Gasteiger partial charge is 0.459 e. The maximum absolute atomic E-state index is 12.3. The van der Waals surface area contributed by atoms with Gasteiger partial charge in [0.25, 0.3) is 0 Å². The van der Waals surface area contributed by atoms with Gasteiger partial charge in [0.1, 0.15) is 21.9 Å². The lowest BCUT2D eigenvalue weighted by molar-refractivity contribution is 0.0383. The van der Waals surface area contributed by atoms with Crippen molar-refractivity contribution in [3.63, 3.8) is 0 Å². The van der Waals surface area contributed by atoms with Gasteiger partial charge in [-0.1, -0.05) is 25.1 Å². The van der Waals surface area contributed by atoms with Crippen molar-refractivity contribution in [1.29, 1.82) is 0 Å². The molecule has 0 amide bonds. The van der Waals surface area contributed by atoms with E-state index in [0.717, 1.165) is 27.9 Å². The zero-order valence-corrected chi connectivity index (χ0v) is 15.6. The van der Waals surface area contributed by atoms with Crippen molar-refractivity contribution >= 4 is 39.0 Å². The van der Waals surface area contributed by atoms with Gasteiger partial charge in [-0.15, -0.1) is 11.3 Å². The SMILES string of the molecule is CCc1ccccc1Nc1ncnc2sc(C(=O)OC(C)C)c(C)c12. The van der Waals surface area contributed by atoms with E-state index in [-0.39, 0.29) is 12.1 Å². The highest BCUT2D eigenvalue weighted by atomic mass is 32.1. The molecule has 0 saturated carbocycles. The Bertz CT molecular complexity index is 918. The van der Waals surface area contributed by atoms with Crippen molar-refractivity contribution in [2.24, 2.45) is 0 Å². The van der Waals surface area contributed by atoms with Gasteiger partial charge in [-0.3, -0.25) is 0 Å². The highest BCUT2D eigenvalue weighted by Gasteiger charge is 2.21. The van der Waals surface area contributed by atoms with E-state index in [1.165, 1.54) is 23.2 Å². The lowest BCUT2D eigenvalue weighted by atomic mass is 10.1. The van der Waals surface area contributed by atoms with E-state index in [0.29, 0.717) is 10.7 Å². The predicted molar refractivity (Wildman–Crippen MR) is 102 cm³/mol. The Labute approximate surface area is 151 Å². The van der Waals surface area contributed by atoms with Gasteiger partial charge in [0, 0.05) is 5.69 Å². The normalized spacial score (nSPS) is 11.1. The Hall–Kier alpha value is -2.47. The van der Waals surface area contributed by atoms with Crippen LogP contribution in [0.25, 0.3) is 10.2 Å². The molecule has 2 aromatic heterocycles. The number of carbonyl (C=O) groups is 1. The predicted octanol–water partition coefficient (Wildman–Crippen LogP) is 4.87. The van der Waals surface area contributed by atoms with Gasteiger partial charge >= 0.3 is 5.97 Å². The van der Waals surface area contributed by atoms with Crippen LogP contribution in [0.2, 0.25) is 0 Å². The van der Waals surface area contributed by atoms with Gasteiger partial charge < -0.3 is 10.1 Å². The molecule has 1 aromatic carbocycles. The van der Waals surface area contributed by atoms with Crippen LogP contribution in [0.15, 0.2) is 30.6 Å². The highest BCUT2D eigenvalue weighted by molar-refractivity contribution is 7.20. The van der Waals surface area contributed by atoms with Crippen LogP contribution in [0, 0.1) is 6.92 Å². The Balaban J connectivity index is 2.05. The average Bonchev–Trinajstić information content (AvgIpc) is 2.93. The molecular formula is C19H21N3O2S. The van der Waals surface area contributed by atoms with Crippen LogP contribution in [-0.4, -0.2) is 22.0 Å². The fraction of sp³-hybridized carbons (Fsp3) is 0.316. The van der Waals surface area contributed by atoms with Gasteiger partial charge in [-0.25, -0.2) is 14.8 Å². The number of para-hydroxylation sites is 1. The van der Waals surface area contributed by atoms with Crippen molar-refractivity contribution in [2.45, 2.75) is 40.2 Å². The van der Waals surface area contributed by atoms with Crippen molar-refractivity contribution < 1.29 is 9.53 Å².